The standard InChI is InChI=1S/C23H17N3O3/c1-2-22(27)29-19-12-13-20-21(14-19)24-15-25-23(20)26-16-8-10-18(11-9-16)28-17-6-4-3-5-7-17/h2-15H,1H2,(H,24,25,26). The minimum atomic E-state index is -0.519. The van der Waals surface area contributed by atoms with Gasteiger partial charge in [-0.1, -0.05) is 24.8 Å². The second-order valence-electron chi connectivity index (χ2n) is 6.09. The van der Waals surface area contributed by atoms with Crippen LogP contribution in [0, 0.1) is 0 Å². The Morgan fingerprint density at radius 2 is 1.62 bits per heavy atom. The summed E-state index contributed by atoms with van der Waals surface area (Å²) in [7, 11) is 0. The number of nitrogens with one attached hydrogen (secondary N) is 1. The normalized spacial score (nSPS) is 10.3. The maximum Gasteiger partial charge on any atom is 0.335 e. The van der Waals surface area contributed by atoms with Crippen molar-refractivity contribution in [2.24, 2.45) is 0 Å². The van der Waals surface area contributed by atoms with Crippen LogP contribution in [0.1, 0.15) is 0 Å². The number of rotatable bonds is 6. The molecule has 4 aromatic rings. The van der Waals surface area contributed by atoms with Crippen molar-refractivity contribution in [1.82, 2.24) is 9.97 Å². The van der Waals surface area contributed by atoms with Crippen molar-refractivity contribution in [2.45, 2.75) is 0 Å². The summed E-state index contributed by atoms with van der Waals surface area (Å²) in [6.07, 6.45) is 2.57. The molecule has 0 spiro atoms. The number of carbonyl (C=O) groups is 1. The molecule has 0 radical (unpaired) electrons. The third kappa shape index (κ3) is 4.39. The third-order valence-corrected chi connectivity index (χ3v) is 4.09. The number of benzene rings is 3. The number of ether oxygens (including phenoxy) is 2. The van der Waals surface area contributed by atoms with E-state index in [1.807, 2.05) is 54.6 Å². The number of hydrogen-bond donors (Lipinski definition) is 1. The first kappa shape index (κ1) is 18.2. The summed E-state index contributed by atoms with van der Waals surface area (Å²) in [6, 6.07) is 22.4. The number of aromatic nitrogens is 2. The summed E-state index contributed by atoms with van der Waals surface area (Å²) < 4.78 is 10.9. The Bertz CT molecular complexity index is 1160. The molecule has 0 atom stereocenters. The smallest absolute Gasteiger partial charge is 0.335 e. The van der Waals surface area contributed by atoms with E-state index in [0.29, 0.717) is 17.1 Å². The molecule has 0 aliphatic heterocycles. The summed E-state index contributed by atoms with van der Waals surface area (Å²) in [5.74, 6) is 2.04. The van der Waals surface area contributed by atoms with E-state index in [1.165, 1.54) is 6.33 Å². The van der Waals surface area contributed by atoms with Crippen LogP contribution < -0.4 is 14.8 Å². The molecule has 0 saturated carbocycles. The van der Waals surface area contributed by atoms with Gasteiger partial charge in [-0.15, -0.1) is 0 Å². The van der Waals surface area contributed by atoms with Gasteiger partial charge in [-0.3, -0.25) is 0 Å². The van der Waals surface area contributed by atoms with Crippen LogP contribution in [0.25, 0.3) is 10.9 Å². The highest BCUT2D eigenvalue weighted by atomic mass is 16.5. The van der Waals surface area contributed by atoms with Crippen LogP contribution in [0.3, 0.4) is 0 Å². The van der Waals surface area contributed by atoms with E-state index in [-0.39, 0.29) is 0 Å². The van der Waals surface area contributed by atoms with Crippen LogP contribution in [-0.4, -0.2) is 15.9 Å². The van der Waals surface area contributed by atoms with E-state index in [0.717, 1.165) is 28.6 Å². The molecule has 1 N–H and O–H groups in total. The fraction of sp³-hybridized carbons (Fsp3) is 0. The molecule has 0 unspecified atom stereocenters. The average molecular weight is 383 g/mol. The molecule has 6 nitrogen and oxygen atoms in total. The van der Waals surface area contributed by atoms with Crippen LogP contribution in [-0.2, 0) is 4.79 Å². The van der Waals surface area contributed by atoms with Crippen molar-refractivity contribution in [3.8, 4) is 17.2 Å². The number of anilines is 2. The van der Waals surface area contributed by atoms with E-state index >= 15 is 0 Å². The topological polar surface area (TPSA) is 73.3 Å². The molecule has 1 heterocycles. The summed E-state index contributed by atoms with van der Waals surface area (Å²) in [5, 5.41) is 4.08. The Morgan fingerprint density at radius 3 is 2.38 bits per heavy atom. The van der Waals surface area contributed by atoms with E-state index in [2.05, 4.69) is 21.9 Å². The fourth-order valence-corrected chi connectivity index (χ4v) is 2.73. The predicted molar refractivity (Wildman–Crippen MR) is 112 cm³/mol. The lowest BCUT2D eigenvalue weighted by atomic mass is 10.2. The van der Waals surface area contributed by atoms with Crippen molar-refractivity contribution in [2.75, 3.05) is 5.32 Å². The Kier molecular flexibility index (Phi) is 5.16. The Morgan fingerprint density at radius 1 is 0.897 bits per heavy atom. The van der Waals surface area contributed by atoms with Crippen molar-refractivity contribution in [1.29, 1.82) is 0 Å². The molecule has 0 saturated heterocycles. The first-order valence-corrected chi connectivity index (χ1v) is 8.90. The third-order valence-electron chi connectivity index (χ3n) is 4.09. The molecule has 0 aliphatic rings. The first-order valence-electron chi connectivity index (χ1n) is 8.90. The number of nitrogens with zero attached hydrogens (tertiary/aromatic N) is 2. The Balaban J connectivity index is 1.52. The molecule has 3 aromatic carbocycles. The molecular formula is C23H17N3O3. The molecule has 0 bridgehead atoms. The van der Waals surface area contributed by atoms with Crippen molar-refractivity contribution < 1.29 is 14.3 Å². The van der Waals surface area contributed by atoms with Gasteiger partial charge in [0.2, 0.25) is 0 Å². The lowest BCUT2D eigenvalue weighted by Crippen LogP contribution is -2.03. The molecule has 6 heteroatoms. The van der Waals surface area contributed by atoms with E-state index in [9.17, 15) is 4.79 Å². The van der Waals surface area contributed by atoms with Gasteiger partial charge in [-0.2, -0.15) is 0 Å². The maximum atomic E-state index is 11.4. The van der Waals surface area contributed by atoms with Gasteiger partial charge in [0.1, 0.15) is 29.4 Å². The number of fused-ring (bicyclic) bond motifs is 1. The molecule has 29 heavy (non-hydrogen) atoms. The molecular weight excluding hydrogens is 366 g/mol. The minimum absolute atomic E-state index is 0.398. The summed E-state index contributed by atoms with van der Waals surface area (Å²) in [5.41, 5.74) is 1.51. The predicted octanol–water partition coefficient (Wildman–Crippen LogP) is 5.26. The minimum Gasteiger partial charge on any atom is -0.457 e. The van der Waals surface area contributed by atoms with Crippen molar-refractivity contribution in [3.05, 3.63) is 91.8 Å². The van der Waals surface area contributed by atoms with E-state index < -0.39 is 5.97 Å². The lowest BCUT2D eigenvalue weighted by Gasteiger charge is -2.10. The van der Waals surface area contributed by atoms with Crippen molar-refractivity contribution in [3.63, 3.8) is 0 Å². The number of hydrogen-bond acceptors (Lipinski definition) is 6. The Hall–Kier alpha value is -4.19. The highest BCUT2D eigenvalue weighted by Gasteiger charge is 2.08. The average Bonchev–Trinajstić information content (AvgIpc) is 2.76. The van der Waals surface area contributed by atoms with Gasteiger partial charge in [0.05, 0.1) is 5.52 Å². The first-order chi connectivity index (χ1) is 14.2. The highest BCUT2D eigenvalue weighted by Crippen LogP contribution is 2.28. The van der Waals surface area contributed by atoms with Crippen LogP contribution in [0.15, 0.2) is 91.8 Å². The lowest BCUT2D eigenvalue weighted by molar-refractivity contribution is -0.128. The van der Waals surface area contributed by atoms with Crippen molar-refractivity contribution >= 4 is 28.4 Å². The number of para-hydroxylation sites is 1. The zero-order valence-electron chi connectivity index (χ0n) is 15.4. The van der Waals surface area contributed by atoms with Crippen LogP contribution in [0.5, 0.6) is 17.2 Å². The zero-order chi connectivity index (χ0) is 20.1. The van der Waals surface area contributed by atoms with Gasteiger partial charge in [0, 0.05) is 23.2 Å². The fourth-order valence-electron chi connectivity index (χ4n) is 2.73. The summed E-state index contributed by atoms with van der Waals surface area (Å²) in [6.45, 7) is 3.39. The second kappa shape index (κ2) is 8.22. The second-order valence-corrected chi connectivity index (χ2v) is 6.09. The van der Waals surface area contributed by atoms with E-state index in [4.69, 9.17) is 9.47 Å². The molecule has 0 fully saturated rings. The van der Waals surface area contributed by atoms with Gasteiger partial charge in [0.15, 0.2) is 0 Å². The number of carbonyl (C=O) groups excluding carboxylic acids is 1. The highest BCUT2D eigenvalue weighted by molar-refractivity contribution is 5.92. The number of esters is 1. The summed E-state index contributed by atoms with van der Waals surface area (Å²) in [4.78, 5) is 19.9. The quantitative estimate of drug-likeness (QED) is 0.278. The van der Waals surface area contributed by atoms with Crippen LogP contribution >= 0.6 is 0 Å². The summed E-state index contributed by atoms with van der Waals surface area (Å²) >= 11 is 0. The maximum absolute atomic E-state index is 11.4. The van der Waals surface area contributed by atoms with Gasteiger partial charge in [-0.05, 0) is 48.5 Å². The van der Waals surface area contributed by atoms with E-state index in [1.54, 1.807) is 18.2 Å². The largest absolute Gasteiger partial charge is 0.457 e. The molecule has 0 amide bonds. The zero-order valence-corrected chi connectivity index (χ0v) is 15.4. The molecule has 0 aliphatic carbocycles. The Labute approximate surface area is 167 Å². The van der Waals surface area contributed by atoms with Gasteiger partial charge in [-0.25, -0.2) is 14.8 Å². The van der Waals surface area contributed by atoms with Gasteiger partial charge in [0.25, 0.3) is 0 Å². The molecule has 1 aromatic heterocycles. The molecule has 4 rings (SSSR count). The SMILES string of the molecule is C=CC(=O)Oc1ccc2c(Nc3ccc(Oc4ccccc4)cc3)ncnc2c1. The van der Waals surface area contributed by atoms with Crippen LogP contribution in [0.4, 0.5) is 11.5 Å². The van der Waals surface area contributed by atoms with Gasteiger partial charge >= 0.3 is 5.97 Å². The molecule has 142 valence electrons. The van der Waals surface area contributed by atoms with Crippen LogP contribution in [0.2, 0.25) is 0 Å². The van der Waals surface area contributed by atoms with Gasteiger partial charge < -0.3 is 14.8 Å². The monoisotopic (exact) mass is 383 g/mol.